The molecule has 1 N–H and O–H groups in total. The van der Waals surface area contributed by atoms with Crippen LogP contribution in [0.25, 0.3) is 0 Å². The zero-order chi connectivity index (χ0) is 10.7. The van der Waals surface area contributed by atoms with E-state index in [2.05, 4.69) is 4.99 Å². The number of benzene rings is 1. The number of hydrogen-bond acceptors (Lipinski definition) is 3. The molecule has 1 aliphatic heterocycles. The average molecular weight is 205 g/mol. The van der Waals surface area contributed by atoms with Crippen LogP contribution in [0, 0.1) is 0 Å². The van der Waals surface area contributed by atoms with Gasteiger partial charge in [-0.2, -0.15) is 0 Å². The molecule has 1 atom stereocenters. The van der Waals surface area contributed by atoms with Gasteiger partial charge in [-0.05, 0) is 12.1 Å². The molecule has 0 spiro atoms. The maximum absolute atomic E-state index is 10.5. The zero-order valence-corrected chi connectivity index (χ0v) is 8.09. The van der Waals surface area contributed by atoms with Crippen LogP contribution in [0.4, 0.5) is 0 Å². The Morgan fingerprint density at radius 1 is 1.47 bits per heavy atom. The number of aliphatic carboxylic acids is 1. The Balaban J connectivity index is 2.01. The Morgan fingerprint density at radius 3 is 2.87 bits per heavy atom. The molecule has 1 aromatic rings. The number of rotatable bonds is 3. The lowest BCUT2D eigenvalue weighted by Gasteiger charge is -2.08. The number of carboxylic acids is 1. The summed E-state index contributed by atoms with van der Waals surface area (Å²) in [6, 6.07) is 9.48. The van der Waals surface area contributed by atoms with Crippen molar-refractivity contribution in [2.45, 2.75) is 12.5 Å². The molecule has 4 nitrogen and oxygen atoms in total. The smallest absolute Gasteiger partial charge is 0.307 e. The Morgan fingerprint density at radius 2 is 2.20 bits per heavy atom. The molecule has 78 valence electrons. The summed E-state index contributed by atoms with van der Waals surface area (Å²) in [7, 11) is 0. The minimum Gasteiger partial charge on any atom is -0.481 e. The summed E-state index contributed by atoms with van der Waals surface area (Å²) in [4.78, 5) is 14.6. The molecule has 0 radical (unpaired) electrons. The van der Waals surface area contributed by atoms with E-state index in [1.54, 1.807) is 0 Å². The van der Waals surface area contributed by atoms with Crippen LogP contribution in [0.5, 0.6) is 0 Å². The molecule has 0 bridgehead atoms. The van der Waals surface area contributed by atoms with Gasteiger partial charge in [0.25, 0.3) is 0 Å². The summed E-state index contributed by atoms with van der Waals surface area (Å²) in [6.07, 6.45) is -0.322. The first-order valence-electron chi connectivity index (χ1n) is 4.74. The van der Waals surface area contributed by atoms with Gasteiger partial charge >= 0.3 is 5.97 Å². The first-order chi connectivity index (χ1) is 7.25. The maximum atomic E-state index is 10.5. The van der Waals surface area contributed by atoms with Gasteiger partial charge in [-0.25, -0.2) is 4.99 Å². The molecular formula is C11H11NO3. The highest BCUT2D eigenvalue weighted by Crippen LogP contribution is 2.14. The standard InChI is InChI=1S/C11H11NO3/c13-10(14)6-9-7-12-11(15-9)8-4-2-1-3-5-8/h1-5,9H,6-7H2,(H,13,14). The van der Waals surface area contributed by atoms with Crippen LogP contribution < -0.4 is 0 Å². The van der Waals surface area contributed by atoms with E-state index in [0.29, 0.717) is 12.4 Å². The van der Waals surface area contributed by atoms with Gasteiger partial charge in [0.2, 0.25) is 5.90 Å². The Bertz CT molecular complexity index is 386. The SMILES string of the molecule is O=C(O)CC1CN=C(c2ccccc2)O1. The monoisotopic (exact) mass is 205 g/mol. The van der Waals surface area contributed by atoms with E-state index in [-0.39, 0.29) is 12.5 Å². The van der Waals surface area contributed by atoms with Gasteiger partial charge in [0.15, 0.2) is 0 Å². The molecule has 0 fully saturated rings. The molecule has 0 aliphatic carbocycles. The highest BCUT2D eigenvalue weighted by Gasteiger charge is 2.22. The first-order valence-corrected chi connectivity index (χ1v) is 4.74. The summed E-state index contributed by atoms with van der Waals surface area (Å²) in [5.41, 5.74) is 0.894. The summed E-state index contributed by atoms with van der Waals surface area (Å²) in [5.74, 6) is -0.314. The Hall–Kier alpha value is -1.84. The lowest BCUT2D eigenvalue weighted by molar-refractivity contribution is -0.138. The molecule has 15 heavy (non-hydrogen) atoms. The summed E-state index contributed by atoms with van der Waals surface area (Å²) < 4.78 is 5.43. The van der Waals surface area contributed by atoms with E-state index < -0.39 is 5.97 Å². The van der Waals surface area contributed by atoms with Crippen molar-refractivity contribution in [3.05, 3.63) is 35.9 Å². The van der Waals surface area contributed by atoms with Gasteiger partial charge in [-0.3, -0.25) is 4.79 Å². The van der Waals surface area contributed by atoms with Crippen molar-refractivity contribution in [1.29, 1.82) is 0 Å². The van der Waals surface area contributed by atoms with Crippen molar-refractivity contribution in [2.75, 3.05) is 6.54 Å². The second kappa shape index (κ2) is 4.13. The summed E-state index contributed by atoms with van der Waals surface area (Å²) in [5, 5.41) is 8.60. The second-order valence-corrected chi connectivity index (χ2v) is 3.35. The molecule has 1 aromatic carbocycles. The number of carbonyl (C=O) groups is 1. The topological polar surface area (TPSA) is 58.9 Å². The normalized spacial score (nSPS) is 19.5. The molecule has 0 saturated heterocycles. The third-order valence-corrected chi connectivity index (χ3v) is 2.14. The van der Waals surface area contributed by atoms with E-state index in [9.17, 15) is 4.79 Å². The van der Waals surface area contributed by atoms with E-state index in [1.165, 1.54) is 0 Å². The largest absolute Gasteiger partial charge is 0.481 e. The first kappa shape index (κ1) is 9.71. The number of hydrogen-bond donors (Lipinski definition) is 1. The number of carboxylic acid groups (broad SMARTS) is 1. The minimum absolute atomic E-state index is 0.000165. The molecule has 1 heterocycles. The van der Waals surface area contributed by atoms with Gasteiger partial charge < -0.3 is 9.84 Å². The molecule has 0 amide bonds. The fourth-order valence-corrected chi connectivity index (χ4v) is 1.46. The fraction of sp³-hybridized carbons (Fsp3) is 0.273. The molecule has 2 rings (SSSR count). The highest BCUT2D eigenvalue weighted by atomic mass is 16.5. The number of aliphatic imine (C=N–C) groups is 1. The molecular weight excluding hydrogens is 194 g/mol. The van der Waals surface area contributed by atoms with Gasteiger partial charge in [0.1, 0.15) is 6.10 Å². The minimum atomic E-state index is -0.857. The molecule has 4 heteroatoms. The van der Waals surface area contributed by atoms with Crippen molar-refractivity contribution in [1.82, 2.24) is 0 Å². The van der Waals surface area contributed by atoms with Crippen molar-refractivity contribution in [3.8, 4) is 0 Å². The van der Waals surface area contributed by atoms with E-state index in [0.717, 1.165) is 5.56 Å². The van der Waals surface area contributed by atoms with Crippen molar-refractivity contribution >= 4 is 11.9 Å². The van der Waals surface area contributed by atoms with Crippen LogP contribution in [0.1, 0.15) is 12.0 Å². The van der Waals surface area contributed by atoms with Gasteiger partial charge in [0, 0.05) is 5.56 Å². The van der Waals surface area contributed by atoms with Crippen LogP contribution in [0.2, 0.25) is 0 Å². The predicted octanol–water partition coefficient (Wildman–Crippen LogP) is 1.31. The van der Waals surface area contributed by atoms with Gasteiger partial charge in [-0.1, -0.05) is 18.2 Å². The predicted molar refractivity (Wildman–Crippen MR) is 55.0 cm³/mol. The average Bonchev–Trinajstić information content (AvgIpc) is 2.67. The maximum Gasteiger partial charge on any atom is 0.307 e. The molecule has 0 aromatic heterocycles. The van der Waals surface area contributed by atoms with Gasteiger partial charge in [0.05, 0.1) is 13.0 Å². The van der Waals surface area contributed by atoms with Crippen molar-refractivity contribution in [2.24, 2.45) is 4.99 Å². The quantitative estimate of drug-likeness (QED) is 0.809. The van der Waals surface area contributed by atoms with Crippen molar-refractivity contribution < 1.29 is 14.6 Å². The lowest BCUT2D eigenvalue weighted by atomic mass is 10.2. The number of ether oxygens (including phenoxy) is 1. The Kier molecular flexibility index (Phi) is 2.67. The van der Waals surface area contributed by atoms with E-state index in [1.807, 2.05) is 30.3 Å². The Labute approximate surface area is 87.2 Å². The molecule has 0 saturated carbocycles. The van der Waals surface area contributed by atoms with Crippen LogP contribution in [-0.4, -0.2) is 29.6 Å². The highest BCUT2D eigenvalue weighted by molar-refractivity contribution is 5.95. The van der Waals surface area contributed by atoms with E-state index in [4.69, 9.17) is 9.84 Å². The zero-order valence-electron chi connectivity index (χ0n) is 8.09. The van der Waals surface area contributed by atoms with Gasteiger partial charge in [-0.15, -0.1) is 0 Å². The molecule has 1 aliphatic rings. The van der Waals surface area contributed by atoms with Crippen LogP contribution >= 0.6 is 0 Å². The van der Waals surface area contributed by atoms with Crippen molar-refractivity contribution in [3.63, 3.8) is 0 Å². The van der Waals surface area contributed by atoms with Crippen LogP contribution in [-0.2, 0) is 9.53 Å². The second-order valence-electron chi connectivity index (χ2n) is 3.35. The van der Waals surface area contributed by atoms with Crippen LogP contribution in [0.15, 0.2) is 35.3 Å². The third-order valence-electron chi connectivity index (χ3n) is 2.14. The van der Waals surface area contributed by atoms with Crippen LogP contribution in [0.3, 0.4) is 0 Å². The lowest BCUT2D eigenvalue weighted by Crippen LogP contribution is -2.17. The number of nitrogens with zero attached hydrogens (tertiary/aromatic N) is 1. The molecule has 1 unspecified atom stereocenters. The van der Waals surface area contributed by atoms with E-state index >= 15 is 0 Å². The summed E-state index contributed by atoms with van der Waals surface area (Å²) in [6.45, 7) is 0.427. The fourth-order valence-electron chi connectivity index (χ4n) is 1.46. The summed E-state index contributed by atoms with van der Waals surface area (Å²) >= 11 is 0. The third kappa shape index (κ3) is 2.34.